The van der Waals surface area contributed by atoms with Crippen molar-refractivity contribution in [3.63, 3.8) is 0 Å². The molecule has 112 valence electrons. The van der Waals surface area contributed by atoms with Gasteiger partial charge in [-0.2, -0.15) is 4.98 Å². The zero-order chi connectivity index (χ0) is 15.0. The maximum atomic E-state index is 10.7. The number of ether oxygens (including phenoxy) is 1. The third-order valence-corrected chi connectivity index (χ3v) is 3.79. The molecule has 21 heavy (non-hydrogen) atoms. The summed E-state index contributed by atoms with van der Waals surface area (Å²) in [5.74, 6) is 0. The van der Waals surface area contributed by atoms with Crippen molar-refractivity contribution in [1.29, 1.82) is 0 Å². The highest BCUT2D eigenvalue weighted by molar-refractivity contribution is 5.77. The summed E-state index contributed by atoms with van der Waals surface area (Å²) in [4.78, 5) is 14.4. The smallest absolute Gasteiger partial charge is 0.295 e. The lowest BCUT2D eigenvalue weighted by molar-refractivity contribution is -0.384. The molecular weight excluding hydrogens is 278 g/mol. The van der Waals surface area contributed by atoms with Crippen molar-refractivity contribution < 1.29 is 19.2 Å². The second-order valence-electron chi connectivity index (χ2n) is 5.15. The SMILES string of the molecule is CC1OCCC1(O)CNc1nc2cc([N+](=O)[O-])ccc2o1. The van der Waals surface area contributed by atoms with Gasteiger partial charge >= 0.3 is 0 Å². The highest BCUT2D eigenvalue weighted by Gasteiger charge is 2.39. The van der Waals surface area contributed by atoms with E-state index in [-0.39, 0.29) is 24.4 Å². The van der Waals surface area contributed by atoms with Crippen LogP contribution in [0, 0.1) is 10.1 Å². The first-order valence-corrected chi connectivity index (χ1v) is 6.61. The number of hydrogen-bond acceptors (Lipinski definition) is 7. The minimum absolute atomic E-state index is 0.0428. The van der Waals surface area contributed by atoms with Crippen LogP contribution in [-0.2, 0) is 4.74 Å². The van der Waals surface area contributed by atoms with Crippen molar-refractivity contribution in [3.8, 4) is 0 Å². The predicted molar refractivity (Wildman–Crippen MR) is 74.1 cm³/mol. The Bertz CT molecular complexity index is 685. The molecule has 0 spiro atoms. The fourth-order valence-electron chi connectivity index (χ4n) is 2.34. The summed E-state index contributed by atoms with van der Waals surface area (Å²) in [5, 5.41) is 24.0. The largest absolute Gasteiger partial charge is 0.424 e. The van der Waals surface area contributed by atoms with Crippen molar-refractivity contribution in [3.05, 3.63) is 28.3 Å². The molecule has 0 radical (unpaired) electrons. The summed E-state index contributed by atoms with van der Waals surface area (Å²) in [6.45, 7) is 2.56. The van der Waals surface area contributed by atoms with Crippen LogP contribution in [0.15, 0.2) is 22.6 Å². The number of oxazole rings is 1. The molecule has 1 fully saturated rings. The molecule has 2 N–H and O–H groups in total. The normalized spacial score (nSPS) is 25.3. The molecule has 8 heteroatoms. The summed E-state index contributed by atoms with van der Waals surface area (Å²) in [6.07, 6.45) is 0.267. The standard InChI is InChI=1S/C13H15N3O5/c1-8-13(17,4-5-20-8)7-14-12-15-10-6-9(16(18)19)2-3-11(10)21-12/h2-3,6,8,17H,4-5,7H2,1H3,(H,14,15). The van der Waals surface area contributed by atoms with Gasteiger partial charge in [0.2, 0.25) is 0 Å². The first-order chi connectivity index (χ1) is 9.98. The van der Waals surface area contributed by atoms with E-state index >= 15 is 0 Å². The highest BCUT2D eigenvalue weighted by atomic mass is 16.6. The predicted octanol–water partition coefficient (Wildman–Crippen LogP) is 1.69. The Balaban J connectivity index is 1.77. The summed E-state index contributed by atoms with van der Waals surface area (Å²) >= 11 is 0. The minimum Gasteiger partial charge on any atom is -0.424 e. The van der Waals surface area contributed by atoms with E-state index in [0.29, 0.717) is 24.1 Å². The van der Waals surface area contributed by atoms with Gasteiger partial charge < -0.3 is 19.6 Å². The number of aliphatic hydroxyl groups is 1. The first-order valence-electron chi connectivity index (χ1n) is 6.61. The van der Waals surface area contributed by atoms with Crippen molar-refractivity contribution >= 4 is 22.8 Å². The second kappa shape index (κ2) is 4.97. The number of hydrogen-bond donors (Lipinski definition) is 2. The molecule has 1 aromatic carbocycles. The Kier molecular flexibility index (Phi) is 3.26. The van der Waals surface area contributed by atoms with Crippen molar-refractivity contribution in [2.45, 2.75) is 25.0 Å². The third-order valence-electron chi connectivity index (χ3n) is 3.79. The average Bonchev–Trinajstić information content (AvgIpc) is 3.00. The average molecular weight is 293 g/mol. The molecule has 2 unspecified atom stereocenters. The van der Waals surface area contributed by atoms with E-state index in [2.05, 4.69) is 10.3 Å². The van der Waals surface area contributed by atoms with Crippen LogP contribution in [0.4, 0.5) is 11.7 Å². The van der Waals surface area contributed by atoms with Crippen LogP contribution in [0.3, 0.4) is 0 Å². The summed E-state index contributed by atoms with van der Waals surface area (Å²) in [5.41, 5.74) is -0.161. The molecule has 0 saturated carbocycles. The fourth-order valence-corrected chi connectivity index (χ4v) is 2.34. The molecule has 0 aliphatic carbocycles. The highest BCUT2D eigenvalue weighted by Crippen LogP contribution is 2.27. The number of anilines is 1. The Morgan fingerprint density at radius 2 is 2.43 bits per heavy atom. The van der Waals surface area contributed by atoms with Gasteiger partial charge in [-0.1, -0.05) is 0 Å². The monoisotopic (exact) mass is 293 g/mol. The number of benzene rings is 1. The molecule has 3 rings (SSSR count). The molecule has 1 aliphatic rings. The lowest BCUT2D eigenvalue weighted by Crippen LogP contribution is -2.43. The molecule has 2 atom stereocenters. The van der Waals surface area contributed by atoms with E-state index in [1.54, 1.807) is 0 Å². The van der Waals surface area contributed by atoms with Gasteiger partial charge in [0.05, 0.1) is 17.6 Å². The lowest BCUT2D eigenvalue weighted by Gasteiger charge is -2.25. The minimum atomic E-state index is -0.966. The number of aromatic nitrogens is 1. The molecule has 0 bridgehead atoms. The van der Waals surface area contributed by atoms with Crippen molar-refractivity contribution in [2.75, 3.05) is 18.5 Å². The summed E-state index contributed by atoms with van der Waals surface area (Å²) in [6, 6.07) is 4.43. The van der Waals surface area contributed by atoms with E-state index in [4.69, 9.17) is 9.15 Å². The van der Waals surface area contributed by atoms with Crippen LogP contribution in [0.2, 0.25) is 0 Å². The van der Waals surface area contributed by atoms with Crippen molar-refractivity contribution in [2.24, 2.45) is 0 Å². The number of fused-ring (bicyclic) bond motifs is 1. The maximum Gasteiger partial charge on any atom is 0.295 e. The molecule has 2 heterocycles. The van der Waals surface area contributed by atoms with Gasteiger partial charge in [-0.05, 0) is 13.0 Å². The van der Waals surface area contributed by atoms with Crippen LogP contribution in [0.1, 0.15) is 13.3 Å². The van der Waals surface area contributed by atoms with Crippen molar-refractivity contribution in [1.82, 2.24) is 4.98 Å². The lowest BCUT2D eigenvalue weighted by atomic mass is 9.97. The van der Waals surface area contributed by atoms with E-state index in [1.807, 2.05) is 6.92 Å². The Morgan fingerprint density at radius 3 is 3.10 bits per heavy atom. The third kappa shape index (κ3) is 2.55. The molecule has 8 nitrogen and oxygen atoms in total. The molecular formula is C13H15N3O5. The van der Waals surface area contributed by atoms with Gasteiger partial charge in [0.15, 0.2) is 5.58 Å². The van der Waals surface area contributed by atoms with E-state index in [1.165, 1.54) is 18.2 Å². The number of non-ortho nitro benzene ring substituents is 1. The number of nitrogens with one attached hydrogen (secondary N) is 1. The molecule has 1 aliphatic heterocycles. The second-order valence-corrected chi connectivity index (χ2v) is 5.15. The van der Waals surface area contributed by atoms with Crippen LogP contribution in [-0.4, -0.2) is 39.9 Å². The summed E-state index contributed by atoms with van der Waals surface area (Å²) in [7, 11) is 0. The van der Waals surface area contributed by atoms with Gasteiger partial charge in [-0.15, -0.1) is 0 Å². The molecule has 1 saturated heterocycles. The number of nitrogens with zero attached hydrogens (tertiary/aromatic N) is 2. The van der Waals surface area contributed by atoms with Gasteiger partial charge in [0.1, 0.15) is 11.1 Å². The van der Waals surface area contributed by atoms with E-state index in [9.17, 15) is 15.2 Å². The Morgan fingerprint density at radius 1 is 1.62 bits per heavy atom. The topological polar surface area (TPSA) is 111 Å². The Hall–Kier alpha value is -2.19. The fraction of sp³-hybridized carbons (Fsp3) is 0.462. The number of rotatable bonds is 4. The van der Waals surface area contributed by atoms with E-state index < -0.39 is 10.5 Å². The number of nitro groups is 1. The number of nitro benzene ring substituents is 1. The van der Waals surface area contributed by atoms with Gasteiger partial charge in [-0.3, -0.25) is 10.1 Å². The zero-order valence-electron chi connectivity index (χ0n) is 11.4. The van der Waals surface area contributed by atoms with Crippen LogP contribution >= 0.6 is 0 Å². The van der Waals surface area contributed by atoms with Gasteiger partial charge in [0.25, 0.3) is 11.7 Å². The molecule has 2 aromatic rings. The quantitative estimate of drug-likeness (QED) is 0.651. The first kappa shape index (κ1) is 13.8. The zero-order valence-corrected chi connectivity index (χ0v) is 11.4. The van der Waals surface area contributed by atoms with Crippen LogP contribution in [0.25, 0.3) is 11.1 Å². The van der Waals surface area contributed by atoms with Gasteiger partial charge in [-0.25, -0.2) is 0 Å². The summed E-state index contributed by atoms with van der Waals surface area (Å²) < 4.78 is 10.8. The molecule has 1 aromatic heterocycles. The van der Waals surface area contributed by atoms with Crippen LogP contribution in [0.5, 0.6) is 0 Å². The maximum absolute atomic E-state index is 10.7. The van der Waals surface area contributed by atoms with Crippen LogP contribution < -0.4 is 5.32 Å². The Labute approximate surface area is 119 Å². The van der Waals surface area contributed by atoms with E-state index in [0.717, 1.165) is 0 Å². The molecule has 0 amide bonds. The van der Waals surface area contributed by atoms with Gasteiger partial charge in [0, 0.05) is 25.2 Å².